The highest BCUT2D eigenvalue weighted by Crippen LogP contribution is 2.20. The van der Waals surface area contributed by atoms with Crippen molar-refractivity contribution in [3.8, 4) is 0 Å². The lowest BCUT2D eigenvalue weighted by atomic mass is 9.94. The molecule has 0 bridgehead atoms. The molecule has 4 nitrogen and oxygen atoms in total. The van der Waals surface area contributed by atoms with Crippen molar-refractivity contribution in [2.75, 3.05) is 0 Å². The zero-order chi connectivity index (χ0) is 29.4. The zero-order valence-corrected chi connectivity index (χ0v) is 26.4. The topological polar surface area (TPSA) is 74.6 Å². The number of carboxylic acids is 2. The largest absolute Gasteiger partial charge is 0.481 e. The van der Waals surface area contributed by atoms with E-state index >= 15 is 0 Å². The number of hydrogen-bond donors (Lipinski definition) is 2. The van der Waals surface area contributed by atoms with Crippen molar-refractivity contribution in [1.29, 1.82) is 0 Å². The zero-order valence-electron chi connectivity index (χ0n) is 26.4. The first-order valence-electron chi connectivity index (χ1n) is 17.3. The summed E-state index contributed by atoms with van der Waals surface area (Å²) in [6.45, 7) is 2.27. The van der Waals surface area contributed by atoms with Gasteiger partial charge in [-0.1, -0.05) is 134 Å². The highest BCUT2D eigenvalue weighted by atomic mass is 16.4. The first kappa shape index (κ1) is 38.4. The number of carbonyl (C=O) groups is 2. The van der Waals surface area contributed by atoms with E-state index < -0.39 is 11.9 Å². The summed E-state index contributed by atoms with van der Waals surface area (Å²) < 4.78 is 0. The van der Waals surface area contributed by atoms with Gasteiger partial charge in [0.25, 0.3) is 0 Å². The van der Waals surface area contributed by atoms with Crippen molar-refractivity contribution in [2.24, 2.45) is 5.92 Å². The highest BCUT2D eigenvalue weighted by molar-refractivity contribution is 5.69. The molecular weight excluding hydrogens is 496 g/mol. The fourth-order valence-electron chi connectivity index (χ4n) is 5.34. The number of carboxylic acid groups (broad SMARTS) is 2. The molecular formula is C36H66O4. The lowest BCUT2D eigenvalue weighted by Crippen LogP contribution is -2.13. The standard InChI is InChI=1S/C36H66O4/c1-2-3-4-5-6-7-8-9-13-16-19-22-25-28-31-34(36(39)40)32-29-26-23-20-17-14-11-10-12-15-18-21-24-27-30-33-35(37)38/h9-10,12-13,34H,2-8,11,14-33H2,1H3,(H,37,38)(H,39,40)/b12-10-,13-9-. The van der Waals surface area contributed by atoms with E-state index in [1.165, 1.54) is 103 Å². The van der Waals surface area contributed by atoms with Gasteiger partial charge < -0.3 is 10.2 Å². The molecule has 0 aromatic heterocycles. The Bertz CT molecular complexity index is 610. The molecule has 0 aliphatic carbocycles. The first-order chi connectivity index (χ1) is 19.6. The summed E-state index contributed by atoms with van der Waals surface area (Å²) in [5, 5.41) is 18.2. The van der Waals surface area contributed by atoms with Crippen LogP contribution < -0.4 is 0 Å². The van der Waals surface area contributed by atoms with E-state index in [0.717, 1.165) is 70.6 Å². The molecule has 1 atom stereocenters. The van der Waals surface area contributed by atoms with Crippen LogP contribution in [0.3, 0.4) is 0 Å². The maximum Gasteiger partial charge on any atom is 0.306 e. The summed E-state index contributed by atoms with van der Waals surface area (Å²) in [6.07, 6.45) is 41.5. The second kappa shape index (κ2) is 31.9. The molecule has 0 aliphatic rings. The summed E-state index contributed by atoms with van der Waals surface area (Å²) in [7, 11) is 0. The average Bonchev–Trinajstić information content (AvgIpc) is 2.93. The third-order valence-corrected chi connectivity index (χ3v) is 8.02. The molecule has 0 aromatic carbocycles. The van der Waals surface area contributed by atoms with E-state index in [1.807, 2.05) is 0 Å². The minimum absolute atomic E-state index is 0.146. The van der Waals surface area contributed by atoms with Crippen LogP contribution in [-0.2, 0) is 9.59 Å². The van der Waals surface area contributed by atoms with Crippen LogP contribution >= 0.6 is 0 Å². The first-order valence-corrected chi connectivity index (χ1v) is 17.3. The van der Waals surface area contributed by atoms with Crippen LogP contribution in [-0.4, -0.2) is 22.2 Å². The second-order valence-electron chi connectivity index (χ2n) is 11.9. The summed E-state index contributed by atoms with van der Waals surface area (Å²) in [6, 6.07) is 0. The minimum Gasteiger partial charge on any atom is -0.481 e. The number of hydrogen-bond acceptors (Lipinski definition) is 2. The molecule has 0 aliphatic heterocycles. The van der Waals surface area contributed by atoms with E-state index in [1.54, 1.807) is 0 Å². The third kappa shape index (κ3) is 31.0. The SMILES string of the molecule is CCCCCCCC/C=C\CCCCCCC(CCCCCCCC/C=C\CCCCCCCC(=O)O)C(=O)O. The fourth-order valence-corrected chi connectivity index (χ4v) is 5.34. The Morgan fingerprint density at radius 2 is 0.800 bits per heavy atom. The smallest absolute Gasteiger partial charge is 0.306 e. The maximum absolute atomic E-state index is 11.6. The number of unbranched alkanes of at least 4 members (excludes halogenated alkanes) is 21. The van der Waals surface area contributed by atoms with E-state index in [0.29, 0.717) is 6.42 Å². The van der Waals surface area contributed by atoms with Crippen molar-refractivity contribution in [1.82, 2.24) is 0 Å². The van der Waals surface area contributed by atoms with Gasteiger partial charge >= 0.3 is 11.9 Å². The maximum atomic E-state index is 11.6. The summed E-state index contributed by atoms with van der Waals surface area (Å²) in [5.74, 6) is -1.42. The van der Waals surface area contributed by atoms with Gasteiger partial charge in [-0.15, -0.1) is 0 Å². The molecule has 0 radical (unpaired) electrons. The van der Waals surface area contributed by atoms with Crippen molar-refractivity contribution in [3.63, 3.8) is 0 Å². The van der Waals surface area contributed by atoms with Gasteiger partial charge in [-0.3, -0.25) is 9.59 Å². The van der Waals surface area contributed by atoms with Crippen molar-refractivity contribution >= 4 is 11.9 Å². The Morgan fingerprint density at radius 1 is 0.475 bits per heavy atom. The van der Waals surface area contributed by atoms with Gasteiger partial charge in [0.05, 0.1) is 5.92 Å². The summed E-state index contributed by atoms with van der Waals surface area (Å²) >= 11 is 0. The molecule has 0 heterocycles. The molecule has 0 rings (SSSR count). The normalized spacial score (nSPS) is 12.5. The van der Waals surface area contributed by atoms with Gasteiger partial charge in [-0.2, -0.15) is 0 Å². The van der Waals surface area contributed by atoms with Gasteiger partial charge in [-0.25, -0.2) is 0 Å². The van der Waals surface area contributed by atoms with Crippen molar-refractivity contribution in [3.05, 3.63) is 24.3 Å². The number of rotatable bonds is 32. The molecule has 0 fully saturated rings. The van der Waals surface area contributed by atoms with Crippen LogP contribution in [0, 0.1) is 5.92 Å². The van der Waals surface area contributed by atoms with Crippen LogP contribution in [0.15, 0.2) is 24.3 Å². The van der Waals surface area contributed by atoms with Crippen LogP contribution in [0.5, 0.6) is 0 Å². The van der Waals surface area contributed by atoms with Crippen LogP contribution in [0.2, 0.25) is 0 Å². The van der Waals surface area contributed by atoms with Gasteiger partial charge in [0.15, 0.2) is 0 Å². The van der Waals surface area contributed by atoms with Gasteiger partial charge in [0.2, 0.25) is 0 Å². The Labute approximate surface area is 248 Å². The van der Waals surface area contributed by atoms with Crippen LogP contribution in [0.25, 0.3) is 0 Å². The number of allylic oxidation sites excluding steroid dienone is 4. The third-order valence-electron chi connectivity index (χ3n) is 8.02. The number of aliphatic carboxylic acids is 2. The molecule has 234 valence electrons. The Hall–Kier alpha value is -1.58. The Kier molecular flexibility index (Phi) is 30.7. The molecule has 0 saturated heterocycles. The van der Waals surface area contributed by atoms with E-state index in [4.69, 9.17) is 5.11 Å². The van der Waals surface area contributed by atoms with Gasteiger partial charge in [-0.05, 0) is 70.6 Å². The van der Waals surface area contributed by atoms with E-state index in [-0.39, 0.29) is 5.92 Å². The van der Waals surface area contributed by atoms with E-state index in [9.17, 15) is 14.7 Å². The van der Waals surface area contributed by atoms with Gasteiger partial charge in [0, 0.05) is 6.42 Å². The van der Waals surface area contributed by atoms with Crippen molar-refractivity contribution in [2.45, 2.75) is 187 Å². The molecule has 40 heavy (non-hydrogen) atoms. The molecule has 0 amide bonds. The lowest BCUT2D eigenvalue weighted by molar-refractivity contribution is -0.142. The average molecular weight is 563 g/mol. The van der Waals surface area contributed by atoms with E-state index in [2.05, 4.69) is 31.2 Å². The second-order valence-corrected chi connectivity index (χ2v) is 11.9. The molecule has 4 heteroatoms. The minimum atomic E-state index is -0.682. The monoisotopic (exact) mass is 562 g/mol. The molecule has 0 saturated carbocycles. The summed E-state index contributed by atoms with van der Waals surface area (Å²) in [4.78, 5) is 22.1. The van der Waals surface area contributed by atoms with Crippen LogP contribution in [0.4, 0.5) is 0 Å². The molecule has 0 aromatic rings. The lowest BCUT2D eigenvalue weighted by Gasteiger charge is -2.12. The Morgan fingerprint density at radius 3 is 1.15 bits per heavy atom. The quantitative estimate of drug-likeness (QED) is 0.0631. The molecule has 2 N–H and O–H groups in total. The highest BCUT2D eigenvalue weighted by Gasteiger charge is 2.16. The van der Waals surface area contributed by atoms with Crippen LogP contribution in [0.1, 0.15) is 187 Å². The van der Waals surface area contributed by atoms with Crippen molar-refractivity contribution < 1.29 is 19.8 Å². The van der Waals surface area contributed by atoms with Gasteiger partial charge in [0.1, 0.15) is 0 Å². The fraction of sp³-hybridized carbons (Fsp3) is 0.833. The Balaban J connectivity index is 3.49. The predicted molar refractivity (Wildman–Crippen MR) is 172 cm³/mol. The molecule has 0 spiro atoms. The predicted octanol–water partition coefficient (Wildman–Crippen LogP) is 11.8. The summed E-state index contributed by atoms with van der Waals surface area (Å²) in [5.41, 5.74) is 0. The molecule has 1 unspecified atom stereocenters.